The molecule has 1 N–H and O–H groups in total. The van der Waals surface area contributed by atoms with Crippen LogP contribution < -0.4 is 14.8 Å². The van der Waals surface area contributed by atoms with Gasteiger partial charge in [-0.1, -0.05) is 12.1 Å². The van der Waals surface area contributed by atoms with Gasteiger partial charge < -0.3 is 14.4 Å². The number of carbonyl (C=O) groups excluding carboxylic acids is 1. The van der Waals surface area contributed by atoms with Gasteiger partial charge in [0.1, 0.15) is 12.4 Å². The zero-order valence-corrected chi connectivity index (χ0v) is 13.1. The molecule has 0 saturated carbocycles. The molecular weight excluding hydrogens is 304 g/mol. The van der Waals surface area contributed by atoms with Crippen molar-refractivity contribution >= 4 is 22.7 Å². The number of aryl methyl sites for hydroxylation is 1. The van der Waals surface area contributed by atoms with E-state index < -0.39 is 0 Å². The molecule has 0 aliphatic carbocycles. The smallest absolute Gasteiger partial charge is 0.323 e. The number of para-hydroxylation sites is 2. The summed E-state index contributed by atoms with van der Waals surface area (Å²) in [5.41, 5.74) is 0. The van der Waals surface area contributed by atoms with Crippen molar-refractivity contribution in [3.05, 3.63) is 30.1 Å². The van der Waals surface area contributed by atoms with Gasteiger partial charge >= 0.3 is 6.03 Å². The van der Waals surface area contributed by atoms with Gasteiger partial charge in [0.15, 0.2) is 17.6 Å². The first-order chi connectivity index (χ1) is 10.6. The van der Waals surface area contributed by atoms with Crippen molar-refractivity contribution in [3.8, 4) is 11.5 Å². The molecule has 1 aromatic heterocycles. The molecule has 3 rings (SSSR count). The van der Waals surface area contributed by atoms with Crippen molar-refractivity contribution in [1.82, 2.24) is 14.3 Å². The van der Waals surface area contributed by atoms with E-state index in [9.17, 15) is 4.79 Å². The lowest BCUT2D eigenvalue weighted by Crippen LogP contribution is -2.43. The number of amides is 2. The minimum absolute atomic E-state index is 0.207. The van der Waals surface area contributed by atoms with Crippen molar-refractivity contribution in [3.63, 3.8) is 0 Å². The zero-order valence-electron chi connectivity index (χ0n) is 12.3. The lowest BCUT2D eigenvalue weighted by Gasteiger charge is -2.29. The zero-order chi connectivity index (χ0) is 15.5. The molecule has 0 saturated heterocycles. The fraction of sp³-hybridized carbons (Fsp3) is 0.357. The summed E-state index contributed by atoms with van der Waals surface area (Å²) in [4.78, 5) is 17.7. The summed E-state index contributed by atoms with van der Waals surface area (Å²) in [6.07, 6.45) is -0.207. The molecule has 0 spiro atoms. The SMILES string of the molecule is Cc1nsc(NC(=O)N(C)C[C@@H]2COc3ccccc3O2)n1. The van der Waals surface area contributed by atoms with E-state index in [0.29, 0.717) is 29.9 Å². The maximum Gasteiger partial charge on any atom is 0.323 e. The van der Waals surface area contributed by atoms with Crippen LogP contribution in [0.1, 0.15) is 5.82 Å². The van der Waals surface area contributed by atoms with Crippen LogP contribution in [-0.2, 0) is 0 Å². The molecular formula is C14H16N4O3S. The van der Waals surface area contributed by atoms with E-state index in [1.54, 1.807) is 18.9 Å². The molecule has 1 aliphatic heterocycles. The number of rotatable bonds is 3. The molecule has 22 heavy (non-hydrogen) atoms. The Hall–Kier alpha value is -2.35. The van der Waals surface area contributed by atoms with E-state index in [-0.39, 0.29) is 12.1 Å². The third-order valence-electron chi connectivity index (χ3n) is 3.13. The third kappa shape index (κ3) is 3.28. The Morgan fingerprint density at radius 3 is 2.95 bits per heavy atom. The van der Waals surface area contributed by atoms with E-state index >= 15 is 0 Å². The molecule has 2 amide bonds. The number of nitrogens with zero attached hydrogens (tertiary/aromatic N) is 3. The van der Waals surface area contributed by atoms with E-state index in [4.69, 9.17) is 9.47 Å². The number of nitrogens with one attached hydrogen (secondary N) is 1. The molecule has 0 unspecified atom stereocenters. The summed E-state index contributed by atoms with van der Waals surface area (Å²) in [5.74, 6) is 2.08. The van der Waals surface area contributed by atoms with Crippen molar-refractivity contribution in [1.29, 1.82) is 0 Å². The lowest BCUT2D eigenvalue weighted by atomic mass is 10.2. The Bertz CT molecular complexity index is 676. The van der Waals surface area contributed by atoms with Crippen molar-refractivity contribution in [2.24, 2.45) is 0 Å². The molecule has 8 heteroatoms. The maximum absolute atomic E-state index is 12.1. The Morgan fingerprint density at radius 2 is 2.23 bits per heavy atom. The number of anilines is 1. The van der Waals surface area contributed by atoms with Crippen LogP contribution in [0.4, 0.5) is 9.93 Å². The number of aromatic nitrogens is 2. The molecule has 1 aliphatic rings. The van der Waals surface area contributed by atoms with E-state index in [0.717, 1.165) is 17.3 Å². The van der Waals surface area contributed by atoms with Crippen LogP contribution in [-0.4, -0.2) is 46.6 Å². The molecule has 0 bridgehead atoms. The fourth-order valence-corrected chi connectivity index (χ4v) is 2.64. The van der Waals surface area contributed by atoms with Crippen LogP contribution in [0.5, 0.6) is 11.5 Å². The summed E-state index contributed by atoms with van der Waals surface area (Å²) >= 11 is 1.16. The minimum Gasteiger partial charge on any atom is -0.486 e. The highest BCUT2D eigenvalue weighted by Crippen LogP contribution is 2.30. The van der Waals surface area contributed by atoms with Crippen LogP contribution in [0.15, 0.2) is 24.3 Å². The minimum atomic E-state index is -0.251. The van der Waals surface area contributed by atoms with E-state index in [1.165, 1.54) is 0 Å². The van der Waals surface area contributed by atoms with Gasteiger partial charge in [0, 0.05) is 18.6 Å². The second-order valence-corrected chi connectivity index (χ2v) is 5.71. The Morgan fingerprint density at radius 1 is 1.45 bits per heavy atom. The normalized spacial score (nSPS) is 16.2. The average molecular weight is 320 g/mol. The first-order valence-electron chi connectivity index (χ1n) is 6.83. The van der Waals surface area contributed by atoms with Crippen molar-refractivity contribution in [2.45, 2.75) is 13.0 Å². The van der Waals surface area contributed by atoms with Gasteiger partial charge in [-0.3, -0.25) is 5.32 Å². The van der Waals surface area contributed by atoms with E-state index in [2.05, 4.69) is 14.7 Å². The molecule has 7 nitrogen and oxygen atoms in total. The number of urea groups is 1. The number of fused-ring (bicyclic) bond motifs is 1. The third-order valence-corrected chi connectivity index (χ3v) is 3.85. The number of carbonyl (C=O) groups is 1. The molecule has 1 atom stereocenters. The van der Waals surface area contributed by atoms with E-state index in [1.807, 2.05) is 24.3 Å². The van der Waals surface area contributed by atoms with Crippen molar-refractivity contribution in [2.75, 3.05) is 25.5 Å². The Kier molecular flexibility index (Phi) is 4.10. The predicted molar refractivity (Wildman–Crippen MR) is 82.6 cm³/mol. The van der Waals surface area contributed by atoms with Crippen molar-refractivity contribution < 1.29 is 14.3 Å². The summed E-state index contributed by atoms with van der Waals surface area (Å²) in [5, 5.41) is 3.19. The summed E-state index contributed by atoms with van der Waals surface area (Å²) in [6.45, 7) is 2.60. The second-order valence-electron chi connectivity index (χ2n) is 4.96. The molecule has 1 aromatic carbocycles. The average Bonchev–Trinajstić information content (AvgIpc) is 2.92. The molecule has 116 valence electrons. The van der Waals surface area contributed by atoms with Crippen LogP contribution in [0, 0.1) is 6.92 Å². The highest BCUT2D eigenvalue weighted by Gasteiger charge is 2.24. The van der Waals surface area contributed by atoms with Gasteiger partial charge in [0.05, 0.1) is 6.54 Å². The summed E-state index contributed by atoms with van der Waals surface area (Å²) in [6, 6.07) is 7.25. The topological polar surface area (TPSA) is 76.6 Å². The first-order valence-corrected chi connectivity index (χ1v) is 7.60. The second kappa shape index (κ2) is 6.18. The largest absolute Gasteiger partial charge is 0.486 e. The first kappa shape index (κ1) is 14.6. The predicted octanol–water partition coefficient (Wildman–Crippen LogP) is 2.15. The monoisotopic (exact) mass is 320 g/mol. The number of benzene rings is 1. The summed E-state index contributed by atoms with van der Waals surface area (Å²) in [7, 11) is 1.70. The molecule has 0 fully saturated rings. The van der Waals surface area contributed by atoms with Crippen LogP contribution in [0.3, 0.4) is 0 Å². The quantitative estimate of drug-likeness (QED) is 0.938. The maximum atomic E-state index is 12.1. The number of ether oxygens (including phenoxy) is 2. The number of hydrogen-bond acceptors (Lipinski definition) is 6. The van der Waals surface area contributed by atoms with Gasteiger partial charge in [-0.05, 0) is 19.1 Å². The van der Waals surface area contributed by atoms with Gasteiger partial charge in [0.25, 0.3) is 0 Å². The lowest BCUT2D eigenvalue weighted by molar-refractivity contribution is 0.0731. The van der Waals surface area contributed by atoms with Gasteiger partial charge in [-0.2, -0.15) is 4.37 Å². The number of likely N-dealkylation sites (N-methyl/N-ethyl adjacent to an activating group) is 1. The van der Waals surface area contributed by atoms with Crippen LogP contribution >= 0.6 is 11.5 Å². The molecule has 2 heterocycles. The highest BCUT2D eigenvalue weighted by atomic mass is 32.1. The van der Waals surface area contributed by atoms with Crippen LogP contribution in [0.2, 0.25) is 0 Å². The van der Waals surface area contributed by atoms with Gasteiger partial charge in [-0.25, -0.2) is 9.78 Å². The van der Waals surface area contributed by atoms with Gasteiger partial charge in [-0.15, -0.1) is 0 Å². The highest BCUT2D eigenvalue weighted by molar-refractivity contribution is 7.09. The van der Waals surface area contributed by atoms with Gasteiger partial charge in [0.2, 0.25) is 5.13 Å². The Labute approximate surface area is 132 Å². The van der Waals surface area contributed by atoms with Crippen LogP contribution in [0.25, 0.3) is 0 Å². The molecule has 2 aromatic rings. The fourth-order valence-electron chi connectivity index (χ4n) is 2.08. The Balaban J connectivity index is 1.56. The standard InChI is InChI=1S/C14H16N4O3S/c1-9-15-13(22-17-9)16-14(19)18(2)7-10-8-20-11-5-3-4-6-12(11)21-10/h3-6,10H,7-8H2,1-2H3,(H,15,16,17,19)/t10-/m1/s1. The summed E-state index contributed by atoms with van der Waals surface area (Å²) < 4.78 is 15.5. The molecule has 0 radical (unpaired) electrons. The number of hydrogen-bond donors (Lipinski definition) is 1.